The zero-order chi connectivity index (χ0) is 16.4. The minimum absolute atomic E-state index is 0.182. The van der Waals surface area contributed by atoms with E-state index >= 15 is 0 Å². The summed E-state index contributed by atoms with van der Waals surface area (Å²) in [5.74, 6) is 0.988. The normalized spacial score (nSPS) is 16.7. The zero-order valence-corrected chi connectivity index (χ0v) is 14.3. The molecule has 1 aliphatic heterocycles. The van der Waals surface area contributed by atoms with E-state index in [1.807, 2.05) is 48.5 Å². The van der Waals surface area contributed by atoms with Gasteiger partial charge in [0.25, 0.3) is 0 Å². The van der Waals surface area contributed by atoms with Gasteiger partial charge in [-0.25, -0.2) is 0 Å². The summed E-state index contributed by atoms with van der Waals surface area (Å²) in [6.07, 6.45) is -0.572. The van der Waals surface area contributed by atoms with Crippen LogP contribution < -0.4 is 4.74 Å². The molecule has 0 saturated carbocycles. The van der Waals surface area contributed by atoms with Crippen LogP contribution in [0.2, 0.25) is 0 Å². The maximum atomic E-state index is 11.9. The predicted octanol–water partition coefficient (Wildman–Crippen LogP) is 3.70. The van der Waals surface area contributed by atoms with Crippen molar-refractivity contribution in [1.29, 1.82) is 0 Å². The molecule has 0 aliphatic carbocycles. The Morgan fingerprint density at radius 2 is 1.83 bits per heavy atom. The van der Waals surface area contributed by atoms with Crippen molar-refractivity contribution in [3.8, 4) is 5.75 Å². The highest BCUT2D eigenvalue weighted by atomic mass is 79.9. The molecule has 0 aromatic heterocycles. The van der Waals surface area contributed by atoms with Crippen molar-refractivity contribution in [3.63, 3.8) is 0 Å². The van der Waals surface area contributed by atoms with Gasteiger partial charge in [-0.2, -0.15) is 5.01 Å². The van der Waals surface area contributed by atoms with Crippen LogP contribution in [0.25, 0.3) is 0 Å². The second kappa shape index (κ2) is 6.42. The quantitative estimate of drug-likeness (QED) is 0.822. The number of ether oxygens (including phenoxy) is 2. The molecule has 23 heavy (non-hydrogen) atoms. The Bertz CT molecular complexity index is 741. The smallest absolute Gasteiger partial charge is 0.243 e. The Morgan fingerprint density at radius 3 is 2.39 bits per heavy atom. The number of hydrogen-bond acceptors (Lipinski definition) is 4. The standard InChI is InChI=1S/C17H15BrN2O3/c1-11(21)20-17(13-5-9-15(22-2)10-6-13)23-16(19-20)12-3-7-14(18)8-4-12/h3-10,17H,1-2H3/t17-/m0/s1. The molecule has 2 aromatic rings. The highest BCUT2D eigenvalue weighted by Gasteiger charge is 2.32. The van der Waals surface area contributed by atoms with E-state index in [4.69, 9.17) is 9.47 Å². The molecule has 0 radical (unpaired) electrons. The van der Waals surface area contributed by atoms with Gasteiger partial charge < -0.3 is 9.47 Å². The topological polar surface area (TPSA) is 51.1 Å². The van der Waals surface area contributed by atoms with Crippen LogP contribution in [0.4, 0.5) is 0 Å². The van der Waals surface area contributed by atoms with Crippen LogP contribution in [0.3, 0.4) is 0 Å². The van der Waals surface area contributed by atoms with Gasteiger partial charge in [-0.15, -0.1) is 5.10 Å². The van der Waals surface area contributed by atoms with Crippen molar-refractivity contribution in [2.75, 3.05) is 7.11 Å². The number of carbonyl (C=O) groups excluding carboxylic acids is 1. The Balaban J connectivity index is 1.90. The second-order valence-electron chi connectivity index (χ2n) is 5.02. The Kier molecular flexibility index (Phi) is 4.34. The summed E-state index contributed by atoms with van der Waals surface area (Å²) in [6.45, 7) is 1.47. The Hall–Kier alpha value is -2.34. The van der Waals surface area contributed by atoms with E-state index in [-0.39, 0.29) is 5.91 Å². The minimum Gasteiger partial charge on any atom is -0.497 e. The molecule has 2 aromatic carbocycles. The number of nitrogens with zero attached hydrogens (tertiary/aromatic N) is 2. The summed E-state index contributed by atoms with van der Waals surface area (Å²) in [5.41, 5.74) is 1.65. The maximum Gasteiger partial charge on any atom is 0.243 e. The lowest BCUT2D eigenvalue weighted by Crippen LogP contribution is -2.25. The average molecular weight is 375 g/mol. The first kappa shape index (κ1) is 15.6. The monoisotopic (exact) mass is 374 g/mol. The van der Waals surface area contributed by atoms with E-state index in [0.717, 1.165) is 21.3 Å². The number of benzene rings is 2. The van der Waals surface area contributed by atoms with Gasteiger partial charge in [0.1, 0.15) is 5.75 Å². The molecule has 0 N–H and O–H groups in total. The SMILES string of the molecule is COc1ccc([C@@H]2OC(c3ccc(Br)cc3)=NN2C(C)=O)cc1. The minimum atomic E-state index is -0.572. The van der Waals surface area contributed by atoms with Crippen LogP contribution >= 0.6 is 15.9 Å². The van der Waals surface area contributed by atoms with E-state index < -0.39 is 6.23 Å². The summed E-state index contributed by atoms with van der Waals surface area (Å²) < 4.78 is 12.0. The molecule has 0 fully saturated rings. The van der Waals surface area contributed by atoms with Gasteiger partial charge in [-0.05, 0) is 48.5 Å². The first-order valence-electron chi connectivity index (χ1n) is 7.03. The number of methoxy groups -OCH3 is 1. The van der Waals surface area contributed by atoms with Crippen molar-refractivity contribution >= 4 is 27.7 Å². The van der Waals surface area contributed by atoms with Crippen molar-refractivity contribution < 1.29 is 14.3 Å². The molecule has 0 bridgehead atoms. The number of carbonyl (C=O) groups is 1. The van der Waals surface area contributed by atoms with Crippen LogP contribution in [0.15, 0.2) is 58.1 Å². The van der Waals surface area contributed by atoms with Gasteiger partial charge in [0.15, 0.2) is 0 Å². The van der Waals surface area contributed by atoms with E-state index in [1.165, 1.54) is 11.9 Å². The summed E-state index contributed by atoms with van der Waals surface area (Å²) in [6, 6.07) is 15.0. The molecule has 0 saturated heterocycles. The Labute approximate surface area is 142 Å². The van der Waals surface area contributed by atoms with Crippen molar-refractivity contribution in [1.82, 2.24) is 5.01 Å². The van der Waals surface area contributed by atoms with E-state index in [9.17, 15) is 4.79 Å². The third-order valence-corrected chi connectivity index (χ3v) is 3.99. The van der Waals surface area contributed by atoms with Crippen LogP contribution in [-0.4, -0.2) is 23.9 Å². The molecule has 1 atom stereocenters. The molecular formula is C17H15BrN2O3. The molecule has 0 spiro atoms. The molecule has 1 amide bonds. The van der Waals surface area contributed by atoms with E-state index in [0.29, 0.717) is 5.90 Å². The molecular weight excluding hydrogens is 360 g/mol. The van der Waals surface area contributed by atoms with Gasteiger partial charge >= 0.3 is 0 Å². The zero-order valence-electron chi connectivity index (χ0n) is 12.7. The summed E-state index contributed by atoms with van der Waals surface area (Å²) in [4.78, 5) is 11.9. The van der Waals surface area contributed by atoms with Crippen LogP contribution in [0.1, 0.15) is 24.3 Å². The average Bonchev–Trinajstić information content (AvgIpc) is 3.01. The third kappa shape index (κ3) is 3.22. The number of halogens is 1. The second-order valence-corrected chi connectivity index (χ2v) is 5.93. The number of amides is 1. The fourth-order valence-corrected chi connectivity index (χ4v) is 2.53. The summed E-state index contributed by atoms with van der Waals surface area (Å²) >= 11 is 3.39. The first-order chi connectivity index (χ1) is 11.1. The highest BCUT2D eigenvalue weighted by molar-refractivity contribution is 9.10. The van der Waals surface area contributed by atoms with Gasteiger partial charge in [0.05, 0.1) is 7.11 Å². The maximum absolute atomic E-state index is 11.9. The van der Waals surface area contributed by atoms with E-state index in [1.54, 1.807) is 7.11 Å². The first-order valence-corrected chi connectivity index (χ1v) is 7.83. The van der Waals surface area contributed by atoms with Gasteiger partial charge in [0, 0.05) is 22.5 Å². The molecule has 118 valence electrons. The lowest BCUT2D eigenvalue weighted by molar-refractivity contribution is -0.135. The third-order valence-electron chi connectivity index (χ3n) is 3.46. The molecule has 6 heteroatoms. The van der Waals surface area contributed by atoms with Gasteiger partial charge in [0.2, 0.25) is 18.0 Å². The molecule has 1 heterocycles. The van der Waals surface area contributed by atoms with Crippen molar-refractivity contribution in [2.24, 2.45) is 5.10 Å². The van der Waals surface area contributed by atoms with Gasteiger partial charge in [-0.1, -0.05) is 15.9 Å². The molecule has 0 unspecified atom stereocenters. The van der Waals surface area contributed by atoms with Crippen LogP contribution in [-0.2, 0) is 9.53 Å². The molecule has 1 aliphatic rings. The fourth-order valence-electron chi connectivity index (χ4n) is 2.26. The molecule has 3 rings (SSSR count). The number of hydrogen-bond donors (Lipinski definition) is 0. The van der Waals surface area contributed by atoms with Gasteiger partial charge in [-0.3, -0.25) is 4.79 Å². The van der Waals surface area contributed by atoms with E-state index in [2.05, 4.69) is 21.0 Å². The van der Waals surface area contributed by atoms with Crippen molar-refractivity contribution in [3.05, 3.63) is 64.1 Å². The number of hydrazone groups is 1. The van der Waals surface area contributed by atoms with Crippen LogP contribution in [0.5, 0.6) is 5.75 Å². The largest absolute Gasteiger partial charge is 0.497 e. The highest BCUT2D eigenvalue weighted by Crippen LogP contribution is 2.31. The predicted molar refractivity (Wildman–Crippen MR) is 90.0 cm³/mol. The number of rotatable bonds is 3. The Morgan fingerprint density at radius 1 is 1.17 bits per heavy atom. The fraction of sp³-hybridized carbons (Fsp3) is 0.176. The van der Waals surface area contributed by atoms with Crippen LogP contribution in [0, 0.1) is 0 Å². The lowest BCUT2D eigenvalue weighted by atomic mass is 10.2. The summed E-state index contributed by atoms with van der Waals surface area (Å²) in [5, 5.41) is 5.67. The van der Waals surface area contributed by atoms with Crippen molar-refractivity contribution in [2.45, 2.75) is 13.2 Å². The summed E-state index contributed by atoms with van der Waals surface area (Å²) in [7, 11) is 1.61. The lowest BCUT2D eigenvalue weighted by Gasteiger charge is -2.19. The molecule has 5 nitrogen and oxygen atoms in total.